The molecule has 0 saturated carbocycles. The van der Waals surface area contributed by atoms with E-state index in [4.69, 9.17) is 0 Å². The Kier molecular flexibility index (Phi) is 5.30. The van der Waals surface area contributed by atoms with Crippen LogP contribution in [-0.4, -0.2) is 27.6 Å². The first-order valence-corrected chi connectivity index (χ1v) is 7.92. The van der Waals surface area contributed by atoms with E-state index in [1.54, 1.807) is 23.9 Å². The first-order valence-electron chi connectivity index (χ1n) is 6.63. The molecule has 1 heterocycles. The predicted molar refractivity (Wildman–Crippen MR) is 81.0 cm³/mol. The molecule has 2 aromatic rings. The first kappa shape index (κ1) is 17.3. The van der Waals surface area contributed by atoms with Gasteiger partial charge in [-0.1, -0.05) is 12.1 Å². The summed E-state index contributed by atoms with van der Waals surface area (Å²) in [4.78, 5) is 15.1. The summed E-state index contributed by atoms with van der Waals surface area (Å²) in [5.74, 6) is -1.68. The van der Waals surface area contributed by atoms with Gasteiger partial charge in [0.15, 0.2) is 0 Å². The van der Waals surface area contributed by atoms with Gasteiger partial charge >= 0.3 is 12.1 Å². The van der Waals surface area contributed by atoms with Crippen LogP contribution in [0.25, 0.3) is 11.4 Å². The minimum Gasteiger partial charge on any atom is -0.329 e. The van der Waals surface area contributed by atoms with E-state index in [0.29, 0.717) is 17.7 Å². The van der Waals surface area contributed by atoms with Crippen LogP contribution in [0.3, 0.4) is 0 Å². The number of halogens is 3. The lowest BCUT2D eigenvalue weighted by Crippen LogP contribution is -2.15. The van der Waals surface area contributed by atoms with E-state index in [1.165, 1.54) is 12.1 Å². The van der Waals surface area contributed by atoms with E-state index in [-0.39, 0.29) is 17.0 Å². The molecule has 23 heavy (non-hydrogen) atoms. The first-order chi connectivity index (χ1) is 10.8. The smallest absolute Gasteiger partial charge is 0.329 e. The summed E-state index contributed by atoms with van der Waals surface area (Å²) in [6.45, 7) is 1.95. The Bertz CT molecular complexity index is 671. The molecule has 0 bridgehead atoms. The van der Waals surface area contributed by atoms with Crippen LogP contribution in [0.4, 0.5) is 18.9 Å². The Hall–Kier alpha value is -2.03. The number of anilines is 1. The minimum atomic E-state index is -4.67. The van der Waals surface area contributed by atoms with Crippen molar-refractivity contribution in [3.63, 3.8) is 0 Å². The quantitative estimate of drug-likeness (QED) is 0.892. The summed E-state index contributed by atoms with van der Waals surface area (Å²) < 4.78 is 41.4. The molecule has 0 fully saturated rings. The van der Waals surface area contributed by atoms with Crippen LogP contribution in [0.5, 0.6) is 0 Å². The molecule has 2 rings (SSSR count). The molecule has 9 heteroatoms. The molecule has 1 unspecified atom stereocenters. The zero-order chi connectivity index (χ0) is 17.0. The lowest BCUT2D eigenvalue weighted by molar-refractivity contribution is -0.159. The van der Waals surface area contributed by atoms with Gasteiger partial charge < -0.3 is 9.84 Å². The SMILES string of the molecule is CSC(C)CC(=O)Nc1ccc(-c2noc(C(F)(F)F)n2)cc1. The van der Waals surface area contributed by atoms with Crippen molar-refractivity contribution in [3.05, 3.63) is 30.2 Å². The number of nitrogens with one attached hydrogen (secondary N) is 1. The Morgan fingerprint density at radius 3 is 2.52 bits per heavy atom. The van der Waals surface area contributed by atoms with E-state index in [1.807, 2.05) is 13.2 Å². The van der Waals surface area contributed by atoms with Gasteiger partial charge in [-0.05, 0) is 30.5 Å². The molecule has 0 aliphatic heterocycles. The monoisotopic (exact) mass is 345 g/mol. The Morgan fingerprint density at radius 1 is 1.35 bits per heavy atom. The lowest BCUT2D eigenvalue weighted by atomic mass is 10.2. The van der Waals surface area contributed by atoms with E-state index in [0.717, 1.165) is 0 Å². The average Bonchev–Trinajstić information content (AvgIpc) is 2.97. The molecule has 1 amide bonds. The van der Waals surface area contributed by atoms with E-state index in [2.05, 4.69) is 20.0 Å². The average molecular weight is 345 g/mol. The summed E-state index contributed by atoms with van der Waals surface area (Å²) in [7, 11) is 0. The van der Waals surface area contributed by atoms with Crippen molar-refractivity contribution in [1.82, 2.24) is 10.1 Å². The molecule has 1 aromatic carbocycles. The highest BCUT2D eigenvalue weighted by Gasteiger charge is 2.38. The fourth-order valence-corrected chi connectivity index (χ4v) is 2.03. The fourth-order valence-electron chi connectivity index (χ4n) is 1.71. The van der Waals surface area contributed by atoms with Crippen molar-refractivity contribution in [2.75, 3.05) is 11.6 Å². The maximum absolute atomic E-state index is 12.4. The topological polar surface area (TPSA) is 68.0 Å². The van der Waals surface area contributed by atoms with Crippen molar-refractivity contribution in [1.29, 1.82) is 0 Å². The van der Waals surface area contributed by atoms with Gasteiger partial charge in [0.25, 0.3) is 0 Å². The lowest BCUT2D eigenvalue weighted by Gasteiger charge is -2.09. The van der Waals surface area contributed by atoms with Gasteiger partial charge in [0.05, 0.1) is 0 Å². The summed E-state index contributed by atoms with van der Waals surface area (Å²) in [6, 6.07) is 6.17. The second-order valence-corrected chi connectivity index (χ2v) is 6.07. The van der Waals surface area contributed by atoms with Crippen molar-refractivity contribution in [2.45, 2.75) is 24.8 Å². The van der Waals surface area contributed by atoms with Gasteiger partial charge in [0, 0.05) is 22.9 Å². The minimum absolute atomic E-state index is 0.126. The van der Waals surface area contributed by atoms with E-state index >= 15 is 0 Å². The molecule has 0 aliphatic carbocycles. The summed E-state index contributed by atoms with van der Waals surface area (Å²) in [5.41, 5.74) is 0.909. The van der Waals surface area contributed by atoms with Crippen molar-refractivity contribution >= 4 is 23.4 Å². The number of hydrogen-bond donors (Lipinski definition) is 1. The number of hydrogen-bond acceptors (Lipinski definition) is 5. The Morgan fingerprint density at radius 2 is 2.00 bits per heavy atom. The third kappa shape index (κ3) is 4.72. The second-order valence-electron chi connectivity index (χ2n) is 4.80. The van der Waals surface area contributed by atoms with Gasteiger partial charge in [-0.25, -0.2) is 0 Å². The molecular formula is C14H14F3N3O2S. The van der Waals surface area contributed by atoms with Crippen LogP contribution >= 0.6 is 11.8 Å². The van der Waals surface area contributed by atoms with Crippen molar-refractivity contribution in [3.8, 4) is 11.4 Å². The molecule has 1 atom stereocenters. The van der Waals surface area contributed by atoms with Crippen LogP contribution in [-0.2, 0) is 11.0 Å². The number of rotatable bonds is 5. The molecule has 1 N–H and O–H groups in total. The van der Waals surface area contributed by atoms with Crippen LogP contribution in [0, 0.1) is 0 Å². The van der Waals surface area contributed by atoms with E-state index in [9.17, 15) is 18.0 Å². The number of aromatic nitrogens is 2. The number of alkyl halides is 3. The molecule has 0 radical (unpaired) electrons. The van der Waals surface area contributed by atoms with Crippen LogP contribution in [0.15, 0.2) is 28.8 Å². The Labute approximate surface area is 134 Å². The second kappa shape index (κ2) is 7.03. The molecular weight excluding hydrogens is 331 g/mol. The zero-order valence-electron chi connectivity index (χ0n) is 12.3. The molecule has 5 nitrogen and oxygen atoms in total. The maximum Gasteiger partial charge on any atom is 0.471 e. The third-order valence-corrected chi connectivity index (χ3v) is 3.94. The number of carbonyl (C=O) groups excluding carboxylic acids is 1. The molecule has 124 valence electrons. The van der Waals surface area contributed by atoms with Gasteiger partial charge in [-0.2, -0.15) is 29.9 Å². The third-order valence-electron chi connectivity index (χ3n) is 2.97. The normalized spacial score (nSPS) is 12.9. The van der Waals surface area contributed by atoms with Gasteiger partial charge in [0.1, 0.15) is 0 Å². The highest BCUT2D eigenvalue weighted by molar-refractivity contribution is 7.99. The number of thioether (sulfide) groups is 1. The molecule has 0 aliphatic rings. The highest BCUT2D eigenvalue weighted by Crippen LogP contribution is 2.29. The van der Waals surface area contributed by atoms with Crippen LogP contribution < -0.4 is 5.32 Å². The maximum atomic E-state index is 12.4. The summed E-state index contributed by atoms with van der Waals surface area (Å²) >= 11 is 1.59. The van der Waals surface area contributed by atoms with Gasteiger partial charge in [-0.3, -0.25) is 4.79 Å². The fraction of sp³-hybridized carbons (Fsp3) is 0.357. The van der Waals surface area contributed by atoms with E-state index < -0.39 is 12.1 Å². The van der Waals surface area contributed by atoms with Crippen molar-refractivity contribution < 1.29 is 22.5 Å². The number of nitrogens with zero attached hydrogens (tertiary/aromatic N) is 2. The molecule has 0 spiro atoms. The predicted octanol–water partition coefficient (Wildman–Crippen LogP) is 3.84. The largest absolute Gasteiger partial charge is 0.471 e. The number of benzene rings is 1. The van der Waals surface area contributed by atoms with Crippen LogP contribution in [0.1, 0.15) is 19.2 Å². The van der Waals surface area contributed by atoms with Crippen molar-refractivity contribution in [2.24, 2.45) is 0 Å². The highest BCUT2D eigenvalue weighted by atomic mass is 32.2. The summed E-state index contributed by atoms with van der Waals surface area (Å²) in [6.07, 6.45) is -2.37. The number of amides is 1. The summed E-state index contributed by atoms with van der Waals surface area (Å²) in [5, 5.41) is 6.22. The zero-order valence-corrected chi connectivity index (χ0v) is 13.2. The molecule has 1 aromatic heterocycles. The van der Waals surface area contributed by atoms with Gasteiger partial charge in [0.2, 0.25) is 11.7 Å². The number of carbonyl (C=O) groups is 1. The van der Waals surface area contributed by atoms with Crippen LogP contribution in [0.2, 0.25) is 0 Å². The standard InChI is InChI=1S/C14H14F3N3O2S/c1-8(23-2)7-11(21)18-10-5-3-9(4-6-10)12-19-13(22-20-12)14(15,16)17/h3-6,8H,7H2,1-2H3,(H,18,21). The van der Waals surface area contributed by atoms with Gasteiger partial charge in [-0.15, -0.1) is 0 Å². The molecule has 0 saturated heterocycles. The Balaban J connectivity index is 2.05.